The van der Waals surface area contributed by atoms with Gasteiger partial charge in [-0.2, -0.15) is 5.26 Å². The summed E-state index contributed by atoms with van der Waals surface area (Å²) in [6.07, 6.45) is 1.85. The number of nitriles is 1. The molecule has 4 heterocycles. The van der Waals surface area contributed by atoms with Gasteiger partial charge < -0.3 is 20.3 Å². The second-order valence-corrected chi connectivity index (χ2v) is 9.81. The Morgan fingerprint density at radius 2 is 1.97 bits per heavy atom. The van der Waals surface area contributed by atoms with Crippen LogP contribution in [-0.2, 0) is 11.3 Å². The molecule has 7 heteroatoms. The molecule has 3 aromatic rings. The monoisotopic (exact) mass is 454 g/mol. The van der Waals surface area contributed by atoms with Gasteiger partial charge in [-0.3, -0.25) is 9.88 Å². The quantitative estimate of drug-likeness (QED) is 0.651. The number of rotatable bonds is 3. The number of nitrogens with zero attached hydrogens (tertiary/aromatic N) is 5. The second kappa shape index (κ2) is 8.24. The molecule has 3 aliphatic rings. The number of hydrogen-bond donors (Lipinski definition) is 1. The molecule has 0 radical (unpaired) electrons. The Labute approximate surface area is 200 Å². The van der Waals surface area contributed by atoms with Crippen molar-refractivity contribution in [3.05, 3.63) is 65.4 Å². The summed E-state index contributed by atoms with van der Waals surface area (Å²) in [7, 11) is 1.75. The number of pyridine rings is 1. The molecule has 0 aliphatic carbocycles. The molecule has 3 aliphatic heterocycles. The molecule has 2 fully saturated rings. The number of anilines is 2. The fraction of sp³-hybridized carbons (Fsp3) is 0.407. The van der Waals surface area contributed by atoms with Crippen molar-refractivity contribution in [1.29, 1.82) is 5.26 Å². The third-order valence-electron chi connectivity index (χ3n) is 7.87. The Morgan fingerprint density at radius 3 is 2.76 bits per heavy atom. The third kappa shape index (κ3) is 3.33. The highest BCUT2D eigenvalue weighted by Gasteiger charge is 2.40. The lowest BCUT2D eigenvalue weighted by Gasteiger charge is -2.43. The van der Waals surface area contributed by atoms with Gasteiger partial charge in [0.25, 0.3) is 0 Å². The molecule has 0 bridgehead atoms. The van der Waals surface area contributed by atoms with Crippen LogP contribution >= 0.6 is 0 Å². The first-order chi connectivity index (χ1) is 16.6. The van der Waals surface area contributed by atoms with Crippen LogP contribution in [0, 0.1) is 11.3 Å². The molecule has 6 rings (SSSR count). The van der Waals surface area contributed by atoms with Crippen LogP contribution in [0.2, 0.25) is 0 Å². The zero-order valence-corrected chi connectivity index (χ0v) is 19.7. The van der Waals surface area contributed by atoms with E-state index in [1.165, 1.54) is 16.8 Å². The first-order valence-electron chi connectivity index (χ1n) is 12.0. The zero-order chi connectivity index (χ0) is 23.4. The maximum Gasteiger partial charge on any atom is 0.101 e. The number of hydrogen-bond acceptors (Lipinski definition) is 7. The molecule has 4 atom stereocenters. The van der Waals surface area contributed by atoms with E-state index < -0.39 is 0 Å². The average Bonchev–Trinajstić information content (AvgIpc) is 3.43. The lowest BCUT2D eigenvalue weighted by Crippen LogP contribution is -2.51. The number of aromatic nitrogens is 1. The predicted octanol–water partition coefficient (Wildman–Crippen LogP) is 3.03. The standard InChI is InChI=1S/C27H30N6O/c1-17-12-32(24-8-5-18(11-28)27-22(24)4-3-9-30-27)15-25-21-7-6-20(10-19(21)13-33(17)25)31-14-23(29)26(16-31)34-2/h3-10,17,23,25-26H,12-16,29H2,1-2H3/t17-,23-,25?,26-/m1/s1. The van der Waals surface area contributed by atoms with Gasteiger partial charge in [0.2, 0.25) is 0 Å². The van der Waals surface area contributed by atoms with Crippen molar-refractivity contribution in [2.75, 3.05) is 43.1 Å². The fourth-order valence-corrected chi connectivity index (χ4v) is 6.09. The summed E-state index contributed by atoms with van der Waals surface area (Å²) in [5.41, 5.74) is 12.9. The fourth-order valence-electron chi connectivity index (χ4n) is 6.09. The maximum atomic E-state index is 9.53. The number of nitrogens with two attached hydrogens (primary N) is 1. The van der Waals surface area contributed by atoms with E-state index in [1.54, 1.807) is 13.3 Å². The Bertz CT molecular complexity index is 1290. The lowest BCUT2D eigenvalue weighted by molar-refractivity contribution is 0.108. The summed E-state index contributed by atoms with van der Waals surface area (Å²) < 4.78 is 5.56. The van der Waals surface area contributed by atoms with Crippen LogP contribution in [-0.4, -0.2) is 61.4 Å². The summed E-state index contributed by atoms with van der Waals surface area (Å²) >= 11 is 0. The molecule has 34 heavy (non-hydrogen) atoms. The molecule has 2 aromatic carbocycles. The van der Waals surface area contributed by atoms with E-state index >= 15 is 0 Å². The van der Waals surface area contributed by atoms with Gasteiger partial charge in [0.15, 0.2) is 0 Å². The van der Waals surface area contributed by atoms with Gasteiger partial charge in [0, 0.05) is 68.8 Å². The topological polar surface area (TPSA) is 81.7 Å². The Hall–Kier alpha value is -3.18. The number of methoxy groups -OCH3 is 1. The minimum Gasteiger partial charge on any atom is -0.378 e. The van der Waals surface area contributed by atoms with Crippen molar-refractivity contribution >= 4 is 22.3 Å². The molecule has 0 spiro atoms. The van der Waals surface area contributed by atoms with Gasteiger partial charge in [0.1, 0.15) is 6.07 Å². The van der Waals surface area contributed by atoms with Gasteiger partial charge in [0.05, 0.1) is 29.3 Å². The Morgan fingerprint density at radius 1 is 1.09 bits per heavy atom. The van der Waals surface area contributed by atoms with Gasteiger partial charge in [-0.25, -0.2) is 0 Å². The smallest absolute Gasteiger partial charge is 0.101 e. The highest BCUT2D eigenvalue weighted by atomic mass is 16.5. The summed E-state index contributed by atoms with van der Waals surface area (Å²) in [5.74, 6) is 0. The third-order valence-corrected chi connectivity index (χ3v) is 7.87. The zero-order valence-electron chi connectivity index (χ0n) is 19.7. The summed E-state index contributed by atoms with van der Waals surface area (Å²) in [6.45, 7) is 6.84. The molecule has 1 aromatic heterocycles. The predicted molar refractivity (Wildman–Crippen MR) is 134 cm³/mol. The van der Waals surface area contributed by atoms with Crippen LogP contribution in [0.4, 0.5) is 11.4 Å². The van der Waals surface area contributed by atoms with E-state index in [-0.39, 0.29) is 12.1 Å². The van der Waals surface area contributed by atoms with E-state index in [0.29, 0.717) is 17.6 Å². The van der Waals surface area contributed by atoms with Crippen LogP contribution in [0.15, 0.2) is 48.7 Å². The molecule has 1 unspecified atom stereocenters. The summed E-state index contributed by atoms with van der Waals surface area (Å²) in [5, 5.41) is 10.6. The maximum absolute atomic E-state index is 9.53. The van der Waals surface area contributed by atoms with Crippen molar-refractivity contribution in [3.63, 3.8) is 0 Å². The van der Waals surface area contributed by atoms with Crippen LogP contribution in [0.3, 0.4) is 0 Å². The van der Waals surface area contributed by atoms with E-state index in [4.69, 9.17) is 10.5 Å². The molecule has 7 nitrogen and oxygen atoms in total. The lowest BCUT2D eigenvalue weighted by atomic mass is 9.99. The molecule has 0 saturated carbocycles. The van der Waals surface area contributed by atoms with E-state index in [1.807, 2.05) is 12.1 Å². The Kier molecular flexibility index (Phi) is 5.18. The highest BCUT2D eigenvalue weighted by Crippen LogP contribution is 2.42. The minimum absolute atomic E-state index is 0.0508. The summed E-state index contributed by atoms with van der Waals surface area (Å²) in [4.78, 5) is 12.0. The van der Waals surface area contributed by atoms with Crippen molar-refractivity contribution < 1.29 is 4.74 Å². The van der Waals surface area contributed by atoms with Crippen LogP contribution < -0.4 is 15.5 Å². The minimum atomic E-state index is 0.0508. The van der Waals surface area contributed by atoms with Crippen LogP contribution in [0.25, 0.3) is 10.9 Å². The number of piperazine rings is 1. The molecular formula is C27H30N6O. The number of ether oxygens (including phenoxy) is 1. The van der Waals surface area contributed by atoms with Crippen LogP contribution in [0.5, 0.6) is 0 Å². The molecule has 0 amide bonds. The molecular weight excluding hydrogens is 424 g/mol. The second-order valence-electron chi connectivity index (χ2n) is 9.81. The van der Waals surface area contributed by atoms with Crippen molar-refractivity contribution in [2.24, 2.45) is 5.73 Å². The van der Waals surface area contributed by atoms with Gasteiger partial charge >= 0.3 is 0 Å². The highest BCUT2D eigenvalue weighted by molar-refractivity contribution is 5.95. The first kappa shape index (κ1) is 21.4. The summed E-state index contributed by atoms with van der Waals surface area (Å²) in [6, 6.07) is 18.1. The number of benzene rings is 2. The van der Waals surface area contributed by atoms with E-state index in [9.17, 15) is 5.26 Å². The molecule has 2 saturated heterocycles. The molecule has 174 valence electrons. The van der Waals surface area contributed by atoms with E-state index in [2.05, 4.69) is 63.0 Å². The van der Waals surface area contributed by atoms with Crippen molar-refractivity contribution in [3.8, 4) is 6.07 Å². The Balaban J connectivity index is 1.31. The van der Waals surface area contributed by atoms with Gasteiger partial charge in [-0.15, -0.1) is 0 Å². The number of fused-ring (bicyclic) bond motifs is 4. The van der Waals surface area contributed by atoms with E-state index in [0.717, 1.165) is 49.3 Å². The SMILES string of the molecule is CO[C@@H]1CN(c2ccc3c(c2)CN2C3CN(c3ccc(C#N)c4ncccc34)C[C@H]2C)C[C@H]1N. The van der Waals surface area contributed by atoms with Gasteiger partial charge in [-0.1, -0.05) is 6.07 Å². The van der Waals surface area contributed by atoms with Crippen molar-refractivity contribution in [1.82, 2.24) is 9.88 Å². The largest absolute Gasteiger partial charge is 0.378 e. The molecule has 2 N–H and O–H groups in total. The average molecular weight is 455 g/mol. The van der Waals surface area contributed by atoms with Crippen LogP contribution in [0.1, 0.15) is 29.7 Å². The normalized spacial score (nSPS) is 26.5. The van der Waals surface area contributed by atoms with Crippen molar-refractivity contribution in [2.45, 2.75) is 37.7 Å². The van der Waals surface area contributed by atoms with Gasteiger partial charge in [-0.05, 0) is 54.4 Å². The first-order valence-corrected chi connectivity index (χ1v) is 12.0.